The predicted molar refractivity (Wildman–Crippen MR) is 93.0 cm³/mol. The number of benzene rings is 1. The molecule has 0 bridgehead atoms. The molecule has 0 saturated heterocycles. The lowest BCUT2D eigenvalue weighted by Gasteiger charge is -2.19. The van der Waals surface area contributed by atoms with Crippen molar-refractivity contribution >= 4 is 11.4 Å². The van der Waals surface area contributed by atoms with Crippen LogP contribution in [0.5, 0.6) is 0 Å². The number of nitrogens with zero attached hydrogens (tertiary/aromatic N) is 2. The molecule has 21 heavy (non-hydrogen) atoms. The van der Waals surface area contributed by atoms with Gasteiger partial charge in [-0.15, -0.1) is 5.73 Å². The van der Waals surface area contributed by atoms with E-state index in [1.807, 2.05) is 50.1 Å². The average molecular weight is 280 g/mol. The second kappa shape index (κ2) is 8.08. The minimum absolute atomic E-state index is 0.906. The summed E-state index contributed by atoms with van der Waals surface area (Å²) >= 11 is 0. The summed E-state index contributed by atoms with van der Waals surface area (Å²) in [4.78, 5) is 6.65. The van der Waals surface area contributed by atoms with Crippen molar-refractivity contribution < 1.29 is 0 Å². The molecule has 0 atom stereocenters. The third kappa shape index (κ3) is 4.62. The third-order valence-electron chi connectivity index (χ3n) is 3.42. The predicted octanol–water partition coefficient (Wildman–Crippen LogP) is 5.03. The van der Waals surface area contributed by atoms with Gasteiger partial charge in [0.25, 0.3) is 0 Å². The fraction of sp³-hybridized carbons (Fsp3) is 0.263. The Labute approximate surface area is 128 Å². The van der Waals surface area contributed by atoms with Crippen LogP contribution >= 0.6 is 0 Å². The van der Waals surface area contributed by atoms with Crippen molar-refractivity contribution in [2.75, 3.05) is 7.05 Å². The van der Waals surface area contributed by atoms with Gasteiger partial charge in [-0.3, -0.25) is 0 Å². The molecule has 0 saturated carbocycles. The van der Waals surface area contributed by atoms with Crippen LogP contribution in [0.15, 0.2) is 71.2 Å². The van der Waals surface area contributed by atoms with Gasteiger partial charge in [-0.05, 0) is 44.4 Å². The van der Waals surface area contributed by atoms with E-state index in [9.17, 15) is 0 Å². The largest absolute Gasteiger partial charge is 0.329 e. The molecule has 0 amide bonds. The van der Waals surface area contributed by atoms with Crippen molar-refractivity contribution in [2.24, 2.45) is 4.99 Å². The fourth-order valence-electron chi connectivity index (χ4n) is 1.93. The summed E-state index contributed by atoms with van der Waals surface area (Å²) in [7, 11) is 1.96. The van der Waals surface area contributed by atoms with Gasteiger partial charge in [-0.1, -0.05) is 43.0 Å². The molecule has 0 aliphatic rings. The van der Waals surface area contributed by atoms with Gasteiger partial charge in [-0.25, -0.2) is 4.99 Å². The van der Waals surface area contributed by atoms with Gasteiger partial charge in [0, 0.05) is 18.9 Å². The van der Waals surface area contributed by atoms with Crippen LogP contribution in [0.3, 0.4) is 0 Å². The molecule has 110 valence electrons. The zero-order chi connectivity index (χ0) is 15.8. The summed E-state index contributed by atoms with van der Waals surface area (Å²) < 4.78 is 0. The van der Waals surface area contributed by atoms with Gasteiger partial charge >= 0.3 is 0 Å². The molecule has 1 aromatic rings. The van der Waals surface area contributed by atoms with Gasteiger partial charge in [0.05, 0.1) is 0 Å². The Balaban J connectivity index is 3.38. The Morgan fingerprint density at radius 1 is 1.19 bits per heavy atom. The molecule has 0 spiro atoms. The summed E-state index contributed by atoms with van der Waals surface area (Å²) in [5, 5.41) is 0. The zero-order valence-electron chi connectivity index (χ0n) is 13.6. The smallest absolute Gasteiger partial charge is 0.136 e. The Kier molecular flexibility index (Phi) is 6.45. The van der Waals surface area contributed by atoms with Crippen molar-refractivity contribution in [1.29, 1.82) is 0 Å². The molecule has 2 nitrogen and oxygen atoms in total. The maximum atomic E-state index is 4.71. The summed E-state index contributed by atoms with van der Waals surface area (Å²) in [6, 6.07) is 10.4. The van der Waals surface area contributed by atoms with Crippen molar-refractivity contribution in [3.8, 4) is 0 Å². The second-order valence-corrected chi connectivity index (χ2v) is 4.93. The standard InChI is InChI=1S/C19H24N2/c1-7-14-21(6)19(20-15(3)8-2)17(5)16(4)18-12-10-9-11-13-18/h8-14H,1H2,2-6H3/b15-8-,17-16+,20-19+. The van der Waals surface area contributed by atoms with Crippen LogP contribution in [0.1, 0.15) is 33.3 Å². The second-order valence-electron chi connectivity index (χ2n) is 4.93. The van der Waals surface area contributed by atoms with E-state index < -0.39 is 0 Å². The maximum Gasteiger partial charge on any atom is 0.136 e. The summed E-state index contributed by atoms with van der Waals surface area (Å²) in [6.45, 7) is 11.8. The summed E-state index contributed by atoms with van der Waals surface area (Å²) in [5.41, 5.74) is 7.33. The van der Waals surface area contributed by atoms with Crippen LogP contribution in [-0.2, 0) is 0 Å². The molecule has 2 heteroatoms. The number of hydrogen-bond donors (Lipinski definition) is 0. The normalized spacial score (nSPS) is 13.4. The van der Waals surface area contributed by atoms with Gasteiger partial charge in [0.1, 0.15) is 5.84 Å². The Morgan fingerprint density at radius 2 is 1.81 bits per heavy atom. The molecule has 1 rings (SSSR count). The first kappa shape index (κ1) is 16.7. The molecular formula is C19H24N2. The van der Waals surface area contributed by atoms with E-state index in [-0.39, 0.29) is 0 Å². The molecular weight excluding hydrogens is 256 g/mol. The van der Waals surface area contributed by atoms with Crippen molar-refractivity contribution in [2.45, 2.75) is 27.7 Å². The number of amidine groups is 1. The first-order chi connectivity index (χ1) is 10.0. The lowest BCUT2D eigenvalue weighted by atomic mass is 10.0. The monoisotopic (exact) mass is 280 g/mol. The quantitative estimate of drug-likeness (QED) is 0.429. The molecule has 0 aliphatic heterocycles. The first-order valence-electron chi connectivity index (χ1n) is 7.05. The topological polar surface area (TPSA) is 15.6 Å². The highest BCUT2D eigenvalue weighted by molar-refractivity contribution is 6.04. The third-order valence-corrected chi connectivity index (χ3v) is 3.42. The van der Waals surface area contributed by atoms with E-state index in [0.29, 0.717) is 0 Å². The number of hydrogen-bond acceptors (Lipinski definition) is 1. The van der Waals surface area contributed by atoms with Gasteiger partial charge in [-0.2, -0.15) is 0 Å². The van der Waals surface area contributed by atoms with E-state index in [1.165, 1.54) is 11.1 Å². The molecule has 0 heterocycles. The summed E-state index contributed by atoms with van der Waals surface area (Å²) in [6.07, 6.45) is 3.79. The first-order valence-corrected chi connectivity index (χ1v) is 7.05. The van der Waals surface area contributed by atoms with Crippen LogP contribution in [0.25, 0.3) is 5.57 Å². The highest BCUT2D eigenvalue weighted by atomic mass is 15.1. The van der Waals surface area contributed by atoms with Crippen LogP contribution in [0.2, 0.25) is 0 Å². The Hall–Kier alpha value is -2.31. The van der Waals surface area contributed by atoms with Crippen LogP contribution in [0, 0.1) is 0 Å². The SMILES string of the molecule is C=C=CN(C)C(=N/C(C)=C\C)/C(C)=C(\C)c1ccccc1. The van der Waals surface area contributed by atoms with Crippen molar-refractivity contribution in [1.82, 2.24) is 4.90 Å². The number of allylic oxidation sites excluding steroid dienone is 3. The van der Waals surface area contributed by atoms with Gasteiger partial charge in [0.2, 0.25) is 0 Å². The minimum atomic E-state index is 0.906. The molecule has 0 N–H and O–H groups in total. The van der Waals surface area contributed by atoms with E-state index in [4.69, 9.17) is 4.99 Å². The van der Waals surface area contributed by atoms with E-state index >= 15 is 0 Å². The molecule has 0 aliphatic carbocycles. The molecule has 0 unspecified atom stereocenters. The fourth-order valence-corrected chi connectivity index (χ4v) is 1.93. The zero-order valence-corrected chi connectivity index (χ0v) is 13.6. The lowest BCUT2D eigenvalue weighted by molar-refractivity contribution is 0.687. The van der Waals surface area contributed by atoms with Crippen LogP contribution < -0.4 is 0 Å². The minimum Gasteiger partial charge on any atom is -0.329 e. The molecule has 0 fully saturated rings. The lowest BCUT2D eigenvalue weighted by Crippen LogP contribution is -2.22. The summed E-state index contributed by atoms with van der Waals surface area (Å²) in [5.74, 6) is 0.906. The van der Waals surface area contributed by atoms with Gasteiger partial charge < -0.3 is 4.90 Å². The van der Waals surface area contributed by atoms with Crippen molar-refractivity contribution in [3.63, 3.8) is 0 Å². The van der Waals surface area contributed by atoms with E-state index in [1.54, 1.807) is 6.20 Å². The number of rotatable bonds is 4. The number of likely N-dealkylation sites (N-methyl/N-ethyl adjacent to an activating group) is 1. The molecule has 1 aromatic carbocycles. The van der Waals surface area contributed by atoms with E-state index in [0.717, 1.165) is 17.1 Å². The van der Waals surface area contributed by atoms with Crippen LogP contribution in [0.4, 0.5) is 0 Å². The Bertz CT molecular complexity index is 612. The highest BCUT2D eigenvalue weighted by Gasteiger charge is 2.11. The van der Waals surface area contributed by atoms with Crippen LogP contribution in [-0.4, -0.2) is 17.8 Å². The van der Waals surface area contributed by atoms with Gasteiger partial charge in [0.15, 0.2) is 0 Å². The molecule has 0 aromatic heterocycles. The maximum absolute atomic E-state index is 4.71. The number of aliphatic imine (C=N–C) groups is 1. The Morgan fingerprint density at radius 3 is 2.33 bits per heavy atom. The molecule has 0 radical (unpaired) electrons. The van der Waals surface area contributed by atoms with Crippen molar-refractivity contribution in [3.05, 3.63) is 71.8 Å². The average Bonchev–Trinajstić information content (AvgIpc) is 2.51. The van der Waals surface area contributed by atoms with E-state index in [2.05, 4.69) is 38.3 Å². The highest BCUT2D eigenvalue weighted by Crippen LogP contribution is 2.20.